The number of halogens is 1. The van der Waals surface area contributed by atoms with E-state index in [4.69, 9.17) is 0 Å². The number of benzene rings is 1. The minimum Gasteiger partial charge on any atom is -0.255 e. The number of nitrogens with zero attached hydrogens (tertiary/aromatic N) is 4. The number of rotatable bonds is 5. The third-order valence-corrected chi connectivity index (χ3v) is 4.73. The average molecular weight is 399 g/mol. The Morgan fingerprint density at radius 1 is 1.21 bits per heavy atom. The van der Waals surface area contributed by atoms with Gasteiger partial charge in [0.15, 0.2) is 0 Å². The van der Waals surface area contributed by atoms with Crippen LogP contribution in [0.1, 0.15) is 5.69 Å². The average Bonchev–Trinajstić information content (AvgIpc) is 3.02. The molecule has 0 aliphatic carbocycles. The van der Waals surface area contributed by atoms with Crippen molar-refractivity contribution in [1.29, 1.82) is 0 Å². The Labute approximate surface area is 152 Å². The standard InChI is InChI=1S/C18H15BrN4S/c1-2-10-21-18-23(22-12-14-7-5-6-11-20-14)17(13-24-18)15-8-3-4-9-16(15)19/h2-9,11-13H,1,10H2/b21-18?,22-12-. The van der Waals surface area contributed by atoms with Crippen LogP contribution in [0.25, 0.3) is 11.3 Å². The maximum atomic E-state index is 4.60. The molecule has 0 aliphatic rings. The third kappa shape index (κ3) is 3.77. The van der Waals surface area contributed by atoms with E-state index < -0.39 is 0 Å². The summed E-state index contributed by atoms with van der Waals surface area (Å²) >= 11 is 5.15. The topological polar surface area (TPSA) is 42.5 Å². The summed E-state index contributed by atoms with van der Waals surface area (Å²) in [6, 6.07) is 13.8. The Morgan fingerprint density at radius 2 is 2.04 bits per heavy atom. The maximum absolute atomic E-state index is 4.60. The number of hydrogen-bond donors (Lipinski definition) is 0. The lowest BCUT2D eigenvalue weighted by Gasteiger charge is -2.05. The van der Waals surface area contributed by atoms with E-state index in [0.29, 0.717) is 6.54 Å². The normalized spacial score (nSPS) is 12.0. The van der Waals surface area contributed by atoms with Crippen molar-refractivity contribution in [3.05, 3.63) is 81.7 Å². The van der Waals surface area contributed by atoms with Gasteiger partial charge in [-0.1, -0.05) is 46.3 Å². The van der Waals surface area contributed by atoms with Crippen LogP contribution >= 0.6 is 27.3 Å². The molecule has 1 aromatic carbocycles. The van der Waals surface area contributed by atoms with Gasteiger partial charge in [0.05, 0.1) is 24.1 Å². The summed E-state index contributed by atoms with van der Waals surface area (Å²) in [5.41, 5.74) is 2.83. The molecule has 6 heteroatoms. The SMILES string of the molecule is C=CCN=c1scc(-c2ccccc2Br)n1/N=C\c1ccccn1. The summed E-state index contributed by atoms with van der Waals surface area (Å²) in [6.45, 7) is 4.27. The van der Waals surface area contributed by atoms with Crippen LogP contribution in [0.5, 0.6) is 0 Å². The first-order chi connectivity index (χ1) is 11.8. The fraction of sp³-hybridized carbons (Fsp3) is 0.0556. The third-order valence-electron chi connectivity index (χ3n) is 3.18. The summed E-state index contributed by atoms with van der Waals surface area (Å²) in [5.74, 6) is 0. The Hall–Kier alpha value is -2.31. The first kappa shape index (κ1) is 16.5. The molecule has 0 radical (unpaired) electrons. The molecule has 2 heterocycles. The largest absolute Gasteiger partial charge is 0.255 e. The van der Waals surface area contributed by atoms with Gasteiger partial charge >= 0.3 is 0 Å². The van der Waals surface area contributed by atoms with Crippen LogP contribution in [0.15, 0.2) is 81.3 Å². The van der Waals surface area contributed by atoms with E-state index in [1.54, 1.807) is 29.8 Å². The van der Waals surface area contributed by atoms with Crippen molar-refractivity contribution in [2.45, 2.75) is 0 Å². The van der Waals surface area contributed by atoms with Crippen molar-refractivity contribution in [1.82, 2.24) is 9.66 Å². The lowest BCUT2D eigenvalue weighted by atomic mass is 10.2. The van der Waals surface area contributed by atoms with E-state index in [-0.39, 0.29) is 0 Å². The van der Waals surface area contributed by atoms with Crippen molar-refractivity contribution in [3.8, 4) is 11.3 Å². The molecular weight excluding hydrogens is 384 g/mol. The van der Waals surface area contributed by atoms with Gasteiger partial charge in [0.2, 0.25) is 4.80 Å². The van der Waals surface area contributed by atoms with E-state index in [9.17, 15) is 0 Å². The second-order valence-corrected chi connectivity index (χ2v) is 6.51. The van der Waals surface area contributed by atoms with Crippen LogP contribution in [0.3, 0.4) is 0 Å². The van der Waals surface area contributed by atoms with Crippen LogP contribution in [0.4, 0.5) is 0 Å². The summed E-state index contributed by atoms with van der Waals surface area (Å²) in [6.07, 6.45) is 5.25. The Balaban J connectivity index is 2.11. The Kier molecular flexibility index (Phi) is 5.51. The summed E-state index contributed by atoms with van der Waals surface area (Å²) in [5, 5.41) is 6.65. The van der Waals surface area contributed by atoms with Crippen LogP contribution in [0, 0.1) is 0 Å². The maximum Gasteiger partial charge on any atom is 0.206 e. The van der Waals surface area contributed by atoms with Crippen LogP contribution in [-0.4, -0.2) is 22.4 Å². The van der Waals surface area contributed by atoms with Gasteiger partial charge in [0.1, 0.15) is 0 Å². The van der Waals surface area contributed by atoms with Gasteiger partial charge in [-0.15, -0.1) is 17.9 Å². The van der Waals surface area contributed by atoms with Crippen molar-refractivity contribution >= 4 is 33.5 Å². The van der Waals surface area contributed by atoms with Gasteiger partial charge in [-0.05, 0) is 18.2 Å². The van der Waals surface area contributed by atoms with E-state index in [0.717, 1.165) is 26.2 Å². The van der Waals surface area contributed by atoms with E-state index in [2.05, 4.69) is 49.0 Å². The lowest BCUT2D eigenvalue weighted by molar-refractivity contribution is 0.839. The molecular formula is C18H15BrN4S. The molecule has 0 fully saturated rings. The Bertz CT molecular complexity index is 925. The van der Waals surface area contributed by atoms with Gasteiger partial charge in [-0.2, -0.15) is 5.10 Å². The minimum atomic E-state index is 0.551. The van der Waals surface area contributed by atoms with E-state index >= 15 is 0 Å². The zero-order valence-electron chi connectivity index (χ0n) is 12.8. The smallest absolute Gasteiger partial charge is 0.206 e. The molecule has 0 atom stereocenters. The van der Waals surface area contributed by atoms with Crippen molar-refractivity contribution in [3.63, 3.8) is 0 Å². The fourth-order valence-corrected chi connectivity index (χ4v) is 3.41. The van der Waals surface area contributed by atoms with Crippen molar-refractivity contribution in [2.75, 3.05) is 6.54 Å². The molecule has 0 amide bonds. The first-order valence-corrected chi connectivity index (χ1v) is 8.99. The van der Waals surface area contributed by atoms with E-state index in [1.807, 2.05) is 41.1 Å². The zero-order valence-corrected chi connectivity index (χ0v) is 15.2. The summed E-state index contributed by atoms with van der Waals surface area (Å²) < 4.78 is 2.85. The molecule has 120 valence electrons. The molecule has 3 rings (SSSR count). The van der Waals surface area contributed by atoms with Crippen LogP contribution < -0.4 is 4.80 Å². The predicted octanol–water partition coefficient (Wildman–Crippen LogP) is 4.34. The quantitative estimate of drug-likeness (QED) is 0.465. The predicted molar refractivity (Wildman–Crippen MR) is 103 cm³/mol. The highest BCUT2D eigenvalue weighted by molar-refractivity contribution is 9.10. The van der Waals surface area contributed by atoms with Crippen LogP contribution in [0.2, 0.25) is 0 Å². The van der Waals surface area contributed by atoms with Crippen molar-refractivity contribution < 1.29 is 0 Å². The van der Waals surface area contributed by atoms with Gasteiger partial charge in [-0.25, -0.2) is 4.68 Å². The molecule has 0 spiro atoms. The van der Waals surface area contributed by atoms with Gasteiger partial charge in [0, 0.05) is 21.6 Å². The fourth-order valence-electron chi connectivity index (χ4n) is 2.09. The van der Waals surface area contributed by atoms with Gasteiger partial charge < -0.3 is 0 Å². The lowest BCUT2D eigenvalue weighted by Crippen LogP contribution is -2.12. The first-order valence-electron chi connectivity index (χ1n) is 7.32. The monoisotopic (exact) mass is 398 g/mol. The van der Waals surface area contributed by atoms with E-state index in [1.165, 1.54) is 0 Å². The number of aromatic nitrogens is 2. The molecule has 4 nitrogen and oxygen atoms in total. The molecule has 0 bridgehead atoms. The molecule has 0 saturated heterocycles. The molecule has 0 saturated carbocycles. The molecule has 0 aliphatic heterocycles. The van der Waals surface area contributed by atoms with Gasteiger partial charge in [0.25, 0.3) is 0 Å². The number of thiazole rings is 1. The zero-order chi connectivity index (χ0) is 16.8. The molecule has 0 N–H and O–H groups in total. The molecule has 0 unspecified atom stereocenters. The second kappa shape index (κ2) is 7.99. The van der Waals surface area contributed by atoms with Crippen LogP contribution in [-0.2, 0) is 0 Å². The minimum absolute atomic E-state index is 0.551. The number of hydrogen-bond acceptors (Lipinski definition) is 4. The molecule has 2 aromatic heterocycles. The highest BCUT2D eigenvalue weighted by Crippen LogP contribution is 2.28. The molecule has 3 aromatic rings. The summed E-state index contributed by atoms with van der Waals surface area (Å²) in [7, 11) is 0. The van der Waals surface area contributed by atoms with Crippen molar-refractivity contribution in [2.24, 2.45) is 10.1 Å². The highest BCUT2D eigenvalue weighted by Gasteiger charge is 2.10. The Morgan fingerprint density at radius 3 is 2.79 bits per heavy atom. The highest BCUT2D eigenvalue weighted by atomic mass is 79.9. The second-order valence-electron chi connectivity index (χ2n) is 4.82. The summed E-state index contributed by atoms with van der Waals surface area (Å²) in [4.78, 5) is 9.61. The number of pyridine rings is 1. The van der Waals surface area contributed by atoms with Gasteiger partial charge in [-0.3, -0.25) is 9.98 Å². The molecule has 24 heavy (non-hydrogen) atoms.